The molecule has 0 saturated carbocycles. The maximum atomic E-state index is 15.6. The van der Waals surface area contributed by atoms with Crippen molar-refractivity contribution in [1.29, 1.82) is 0 Å². The second-order valence-electron chi connectivity index (χ2n) is 16.7. The normalized spacial score (nSPS) is 24.0. The largest absolute Gasteiger partial charge is 0.508 e. The third-order valence-electron chi connectivity index (χ3n) is 13.1. The first-order chi connectivity index (χ1) is 27.5. The summed E-state index contributed by atoms with van der Waals surface area (Å²) in [6.07, 6.45) is 2.50. The molecular weight excluding hydrogens is 725 g/mol. The Hall–Kier alpha value is -5.29. The summed E-state index contributed by atoms with van der Waals surface area (Å²) < 4.78 is 31.3. The molecule has 4 aliphatic heterocycles. The van der Waals surface area contributed by atoms with Gasteiger partial charge in [-0.3, -0.25) is 24.6 Å². The average Bonchev–Trinajstić information content (AvgIpc) is 3.53. The van der Waals surface area contributed by atoms with Gasteiger partial charge in [-0.1, -0.05) is 48.0 Å². The number of phenols is 1. The van der Waals surface area contributed by atoms with Crippen LogP contribution in [0.5, 0.6) is 5.75 Å². The number of halogens is 2. The fraction of sp³-hybridized carbons (Fsp3) is 0.413. The van der Waals surface area contributed by atoms with E-state index < -0.39 is 17.9 Å². The van der Waals surface area contributed by atoms with Crippen molar-refractivity contribution in [3.8, 4) is 5.75 Å². The second-order valence-corrected chi connectivity index (χ2v) is 16.7. The molecular formula is C46H49F2N5O4. The quantitative estimate of drug-likeness (QED) is 0.197. The van der Waals surface area contributed by atoms with Gasteiger partial charge in [0, 0.05) is 99.5 Å². The van der Waals surface area contributed by atoms with Gasteiger partial charge < -0.3 is 19.8 Å². The number of hydrogen-bond acceptors (Lipinski definition) is 7. The van der Waals surface area contributed by atoms with Gasteiger partial charge in [0.15, 0.2) is 0 Å². The van der Waals surface area contributed by atoms with Crippen LogP contribution in [0.15, 0.2) is 84.9 Å². The predicted molar refractivity (Wildman–Crippen MR) is 215 cm³/mol. The monoisotopic (exact) mass is 773 g/mol. The summed E-state index contributed by atoms with van der Waals surface area (Å²) in [6.45, 7) is 9.15. The first kappa shape index (κ1) is 37.3. The lowest BCUT2D eigenvalue weighted by Crippen LogP contribution is -2.52. The number of fused-ring (bicyclic) bond motifs is 2. The summed E-state index contributed by atoms with van der Waals surface area (Å²) in [4.78, 5) is 46.2. The molecule has 3 saturated heterocycles. The molecule has 5 aliphatic rings. The number of rotatable bonds is 7. The van der Waals surface area contributed by atoms with E-state index >= 15 is 8.78 Å². The molecule has 9 rings (SSSR count). The van der Waals surface area contributed by atoms with Crippen LogP contribution in [0.2, 0.25) is 0 Å². The van der Waals surface area contributed by atoms with Gasteiger partial charge >= 0.3 is 0 Å². The third kappa shape index (κ3) is 7.26. The minimum atomic E-state index is -3.05. The standard InChI is InChI=1S/C46H49F2N5O4/c1-29-2-4-31(5-3-29)39-26-46(47,48)40-25-36(54)11-13-38(40)43(39)32-6-8-34(9-7-32)51-18-16-30(17-19-51)27-50-20-22-52(23-21-50)35-10-12-37-33(24-35)28-53(45(37)57)41-14-15-42(55)49-44(41)56/h2-13,24-25,30,39,41,43,54H,14-23,26-28H2,1H3,(H,49,55,56)/t39-,41+,43-/m1/s1. The van der Waals surface area contributed by atoms with Gasteiger partial charge in [0.1, 0.15) is 11.8 Å². The molecule has 0 unspecified atom stereocenters. The van der Waals surface area contributed by atoms with E-state index in [0.29, 0.717) is 30.0 Å². The van der Waals surface area contributed by atoms with E-state index in [1.54, 1.807) is 11.0 Å². The van der Waals surface area contributed by atoms with Gasteiger partial charge in [-0.25, -0.2) is 8.78 Å². The van der Waals surface area contributed by atoms with Crippen LogP contribution in [0.1, 0.15) is 87.7 Å². The molecule has 4 aromatic rings. The zero-order valence-electron chi connectivity index (χ0n) is 32.3. The highest BCUT2D eigenvalue weighted by Crippen LogP contribution is 2.55. The zero-order valence-corrected chi connectivity index (χ0v) is 32.3. The highest BCUT2D eigenvalue weighted by Gasteiger charge is 2.47. The van der Waals surface area contributed by atoms with Gasteiger partial charge in [-0.15, -0.1) is 0 Å². The Kier molecular flexibility index (Phi) is 9.75. The predicted octanol–water partition coefficient (Wildman–Crippen LogP) is 6.91. The molecule has 296 valence electrons. The lowest BCUT2D eigenvalue weighted by molar-refractivity contribution is -0.136. The lowest BCUT2D eigenvalue weighted by Gasteiger charge is -2.40. The number of carbonyl (C=O) groups is 3. The van der Waals surface area contributed by atoms with Gasteiger partial charge in [-0.05, 0) is 96.8 Å². The van der Waals surface area contributed by atoms with Crippen LogP contribution in [-0.2, 0) is 22.1 Å². The molecule has 4 heterocycles. The van der Waals surface area contributed by atoms with E-state index in [-0.39, 0.29) is 47.8 Å². The molecule has 1 aliphatic carbocycles. The molecule has 3 atom stereocenters. The SMILES string of the molecule is Cc1ccc([C@H]2CC(F)(F)c3cc(O)ccc3[C@H]2c2ccc(N3CCC(CN4CCN(c5ccc6c(c5)CN([C@H]5CCC(=O)NC5=O)C6=O)CC4)CC3)cc2)cc1. The molecule has 3 fully saturated rings. The molecule has 0 spiro atoms. The summed E-state index contributed by atoms with van der Waals surface area (Å²) in [7, 11) is 0. The van der Waals surface area contributed by atoms with Crippen molar-refractivity contribution >= 4 is 29.1 Å². The Morgan fingerprint density at radius 3 is 2.18 bits per heavy atom. The minimum absolute atomic E-state index is 0.0792. The molecule has 3 amide bonds. The first-order valence-corrected chi connectivity index (χ1v) is 20.4. The van der Waals surface area contributed by atoms with Crippen LogP contribution in [0.25, 0.3) is 0 Å². The number of benzene rings is 4. The number of nitrogens with one attached hydrogen (secondary N) is 1. The van der Waals surface area contributed by atoms with Gasteiger partial charge in [0.05, 0.1) is 0 Å². The van der Waals surface area contributed by atoms with E-state index in [1.165, 1.54) is 12.1 Å². The van der Waals surface area contributed by atoms with Gasteiger partial charge in [0.25, 0.3) is 11.8 Å². The summed E-state index contributed by atoms with van der Waals surface area (Å²) >= 11 is 0. The summed E-state index contributed by atoms with van der Waals surface area (Å²) in [5.41, 5.74) is 7.32. The van der Waals surface area contributed by atoms with Crippen LogP contribution in [0, 0.1) is 12.8 Å². The number of piperazine rings is 1. The Morgan fingerprint density at radius 2 is 1.46 bits per heavy atom. The van der Waals surface area contributed by atoms with Crippen molar-refractivity contribution in [1.82, 2.24) is 15.1 Å². The lowest BCUT2D eigenvalue weighted by atomic mass is 9.68. The van der Waals surface area contributed by atoms with Crippen molar-refractivity contribution in [3.63, 3.8) is 0 Å². The van der Waals surface area contributed by atoms with Crippen molar-refractivity contribution in [3.05, 3.63) is 124 Å². The van der Waals surface area contributed by atoms with Crippen LogP contribution in [-0.4, -0.2) is 84.5 Å². The second kappa shape index (κ2) is 14.9. The summed E-state index contributed by atoms with van der Waals surface area (Å²) in [6, 6.07) is 26.3. The molecule has 0 bridgehead atoms. The number of amides is 3. The van der Waals surface area contributed by atoms with Gasteiger partial charge in [0.2, 0.25) is 11.8 Å². The number of hydrogen-bond donors (Lipinski definition) is 2. The third-order valence-corrected chi connectivity index (χ3v) is 13.1. The number of aromatic hydroxyl groups is 1. The first-order valence-electron chi connectivity index (χ1n) is 20.4. The molecule has 57 heavy (non-hydrogen) atoms. The van der Waals surface area contributed by atoms with E-state index in [2.05, 4.69) is 50.3 Å². The summed E-state index contributed by atoms with van der Waals surface area (Å²) in [5.74, 6) is -4.05. The Morgan fingerprint density at radius 1 is 0.772 bits per heavy atom. The zero-order chi connectivity index (χ0) is 39.4. The number of alkyl halides is 2. The van der Waals surface area contributed by atoms with Gasteiger partial charge in [-0.2, -0.15) is 0 Å². The Balaban J connectivity index is 0.797. The topological polar surface area (TPSA) is 96.4 Å². The fourth-order valence-corrected chi connectivity index (χ4v) is 9.97. The van der Waals surface area contributed by atoms with Crippen molar-refractivity contribution in [2.45, 2.75) is 69.4 Å². The van der Waals surface area contributed by atoms with Crippen LogP contribution in [0.4, 0.5) is 20.2 Å². The minimum Gasteiger partial charge on any atom is -0.508 e. The Bertz CT molecular complexity index is 2180. The highest BCUT2D eigenvalue weighted by molar-refractivity contribution is 6.05. The van der Waals surface area contributed by atoms with Crippen molar-refractivity contribution < 1.29 is 28.3 Å². The maximum absolute atomic E-state index is 15.6. The molecule has 9 nitrogen and oxygen atoms in total. The fourth-order valence-electron chi connectivity index (χ4n) is 9.97. The number of imide groups is 1. The van der Waals surface area contributed by atoms with Crippen molar-refractivity contribution in [2.75, 3.05) is 55.6 Å². The number of piperidine rings is 2. The van der Waals surface area contributed by atoms with E-state index in [0.717, 1.165) is 92.3 Å². The molecule has 2 N–H and O–H groups in total. The Labute approximate surface area is 332 Å². The van der Waals surface area contributed by atoms with Crippen LogP contribution in [0.3, 0.4) is 0 Å². The van der Waals surface area contributed by atoms with E-state index in [1.807, 2.05) is 43.3 Å². The van der Waals surface area contributed by atoms with E-state index in [9.17, 15) is 19.5 Å². The van der Waals surface area contributed by atoms with Crippen LogP contribution >= 0.6 is 0 Å². The van der Waals surface area contributed by atoms with Crippen LogP contribution < -0.4 is 15.1 Å². The number of nitrogens with zero attached hydrogens (tertiary/aromatic N) is 4. The molecule has 4 aromatic carbocycles. The number of carbonyl (C=O) groups excluding carboxylic acids is 3. The molecule has 0 aromatic heterocycles. The van der Waals surface area contributed by atoms with E-state index in [4.69, 9.17) is 0 Å². The van der Waals surface area contributed by atoms with Crippen molar-refractivity contribution in [2.24, 2.45) is 5.92 Å². The number of phenolic OH excluding ortho intramolecular Hbond substituents is 1. The highest BCUT2D eigenvalue weighted by atomic mass is 19.3. The number of aryl methyl sites for hydroxylation is 1. The average molecular weight is 774 g/mol. The maximum Gasteiger partial charge on any atom is 0.274 e. The molecule has 0 radical (unpaired) electrons. The smallest absolute Gasteiger partial charge is 0.274 e. The number of anilines is 2. The summed E-state index contributed by atoms with van der Waals surface area (Å²) in [5, 5.41) is 12.5. The molecule has 11 heteroatoms.